The first-order valence-corrected chi connectivity index (χ1v) is 13.2. The summed E-state index contributed by atoms with van der Waals surface area (Å²) in [6, 6.07) is 16.9. The summed E-state index contributed by atoms with van der Waals surface area (Å²) in [7, 11) is 1.71. The van der Waals surface area contributed by atoms with Crippen molar-refractivity contribution in [3.8, 4) is 28.4 Å². The maximum Gasteiger partial charge on any atom is 0.223 e. The van der Waals surface area contributed by atoms with Crippen molar-refractivity contribution in [2.75, 3.05) is 19.0 Å². The fraction of sp³-hybridized carbons (Fsp3) is 0.300. The lowest BCUT2D eigenvalue weighted by molar-refractivity contribution is 0.419. The standard InChI is InChI=1S/C30H31FN6O/c1-3-4-16-32-30-33-17-14-24(34-30)29-28(20-8-10-21(31)11-9-20)35-27-13-12-22(37(27)29)19-36-18-15-23-25(36)6-5-7-26(23)38-2/h5-11,14-15,17-18,22H,3-4,12-13,16,19H2,1-2H3,(H,32,33,34)/t22-/m0/s1. The number of hydrogen-bond donors (Lipinski definition) is 1. The van der Waals surface area contributed by atoms with E-state index in [1.54, 1.807) is 25.4 Å². The number of imidazole rings is 1. The van der Waals surface area contributed by atoms with E-state index in [1.165, 1.54) is 12.1 Å². The van der Waals surface area contributed by atoms with Crippen molar-refractivity contribution in [1.29, 1.82) is 0 Å². The van der Waals surface area contributed by atoms with E-state index in [1.807, 2.05) is 18.2 Å². The molecule has 4 heterocycles. The molecule has 0 amide bonds. The maximum atomic E-state index is 13.8. The van der Waals surface area contributed by atoms with Gasteiger partial charge in [-0.25, -0.2) is 19.3 Å². The number of halogens is 1. The lowest BCUT2D eigenvalue weighted by atomic mass is 10.1. The van der Waals surface area contributed by atoms with Crippen molar-refractivity contribution < 1.29 is 9.13 Å². The number of methoxy groups -OCH3 is 1. The smallest absolute Gasteiger partial charge is 0.223 e. The van der Waals surface area contributed by atoms with E-state index in [2.05, 4.69) is 44.7 Å². The molecule has 0 saturated carbocycles. The maximum absolute atomic E-state index is 13.8. The van der Waals surface area contributed by atoms with Gasteiger partial charge in [-0.15, -0.1) is 0 Å². The van der Waals surface area contributed by atoms with Crippen LogP contribution in [-0.2, 0) is 13.0 Å². The molecule has 1 aliphatic heterocycles. The summed E-state index contributed by atoms with van der Waals surface area (Å²) in [6.07, 6.45) is 7.92. The van der Waals surface area contributed by atoms with Crippen LogP contribution in [0.4, 0.5) is 10.3 Å². The van der Waals surface area contributed by atoms with Crippen LogP contribution in [0.5, 0.6) is 5.75 Å². The van der Waals surface area contributed by atoms with Gasteiger partial charge in [-0.2, -0.15) is 0 Å². The summed E-state index contributed by atoms with van der Waals surface area (Å²) in [4.78, 5) is 14.4. The molecular formula is C30H31FN6O. The Kier molecular flexibility index (Phi) is 6.54. The molecule has 1 N–H and O–H groups in total. The first-order chi connectivity index (χ1) is 18.7. The molecule has 5 aromatic rings. The molecule has 38 heavy (non-hydrogen) atoms. The van der Waals surface area contributed by atoms with E-state index in [4.69, 9.17) is 14.7 Å². The summed E-state index contributed by atoms with van der Waals surface area (Å²) >= 11 is 0. The van der Waals surface area contributed by atoms with Gasteiger partial charge in [-0.3, -0.25) is 0 Å². The molecule has 6 rings (SSSR count). The van der Waals surface area contributed by atoms with Gasteiger partial charge in [0.25, 0.3) is 0 Å². The molecule has 0 saturated heterocycles. The third-order valence-corrected chi connectivity index (χ3v) is 7.28. The van der Waals surface area contributed by atoms with E-state index in [0.717, 1.165) is 83.9 Å². The number of fused-ring (bicyclic) bond motifs is 2. The molecule has 0 radical (unpaired) electrons. The van der Waals surface area contributed by atoms with Crippen LogP contribution in [0, 0.1) is 5.82 Å². The number of unbranched alkanes of at least 4 members (excludes halogenated alkanes) is 1. The normalized spacial score (nSPS) is 14.7. The second-order valence-electron chi connectivity index (χ2n) is 9.70. The lowest BCUT2D eigenvalue weighted by Crippen LogP contribution is -2.14. The topological polar surface area (TPSA) is 69.8 Å². The monoisotopic (exact) mass is 510 g/mol. The van der Waals surface area contributed by atoms with Crippen LogP contribution < -0.4 is 10.1 Å². The van der Waals surface area contributed by atoms with Crippen molar-refractivity contribution in [1.82, 2.24) is 24.1 Å². The second kappa shape index (κ2) is 10.3. The van der Waals surface area contributed by atoms with Gasteiger partial charge in [0.05, 0.1) is 35.8 Å². The molecule has 8 heteroatoms. The van der Waals surface area contributed by atoms with Gasteiger partial charge < -0.3 is 19.2 Å². The van der Waals surface area contributed by atoms with Crippen LogP contribution in [0.15, 0.2) is 67.0 Å². The largest absolute Gasteiger partial charge is 0.496 e. The van der Waals surface area contributed by atoms with E-state index in [9.17, 15) is 4.39 Å². The van der Waals surface area contributed by atoms with Crippen LogP contribution in [0.3, 0.4) is 0 Å². The minimum atomic E-state index is -0.265. The number of aromatic nitrogens is 5. The highest BCUT2D eigenvalue weighted by molar-refractivity contribution is 5.86. The first-order valence-electron chi connectivity index (χ1n) is 13.2. The SMILES string of the molecule is CCCCNc1nccc(-c2c(-c3ccc(F)cc3)nc3n2[C@H](Cn2ccc4c(OC)cccc42)CC3)n1. The van der Waals surface area contributed by atoms with Gasteiger partial charge in [0.1, 0.15) is 17.4 Å². The number of anilines is 1. The summed E-state index contributed by atoms with van der Waals surface area (Å²) in [5.74, 6) is 2.24. The molecule has 194 valence electrons. The van der Waals surface area contributed by atoms with Crippen molar-refractivity contribution in [2.24, 2.45) is 0 Å². The van der Waals surface area contributed by atoms with Crippen molar-refractivity contribution in [3.05, 3.63) is 78.6 Å². The number of rotatable bonds is 9. The molecule has 7 nitrogen and oxygen atoms in total. The Morgan fingerprint density at radius 3 is 2.76 bits per heavy atom. The van der Waals surface area contributed by atoms with Gasteiger partial charge in [0, 0.05) is 42.9 Å². The molecule has 0 bridgehead atoms. The second-order valence-corrected chi connectivity index (χ2v) is 9.70. The summed E-state index contributed by atoms with van der Waals surface area (Å²) in [6.45, 7) is 3.78. The summed E-state index contributed by atoms with van der Waals surface area (Å²) in [5, 5.41) is 4.44. The van der Waals surface area contributed by atoms with Crippen molar-refractivity contribution in [3.63, 3.8) is 0 Å². The van der Waals surface area contributed by atoms with E-state index in [-0.39, 0.29) is 11.9 Å². The molecule has 2 aromatic carbocycles. The Hall–Kier alpha value is -4.20. The number of hydrogen-bond acceptors (Lipinski definition) is 5. The number of benzene rings is 2. The van der Waals surface area contributed by atoms with Gasteiger partial charge in [0.2, 0.25) is 5.95 Å². The summed E-state index contributed by atoms with van der Waals surface area (Å²) in [5.41, 5.74) is 4.59. The predicted octanol–water partition coefficient (Wildman–Crippen LogP) is 6.51. The fourth-order valence-electron chi connectivity index (χ4n) is 5.41. The first kappa shape index (κ1) is 24.2. The van der Waals surface area contributed by atoms with E-state index >= 15 is 0 Å². The quantitative estimate of drug-likeness (QED) is 0.229. The summed E-state index contributed by atoms with van der Waals surface area (Å²) < 4.78 is 24.0. The van der Waals surface area contributed by atoms with Gasteiger partial charge in [0.15, 0.2) is 0 Å². The number of nitrogens with one attached hydrogen (secondary N) is 1. The average Bonchev–Trinajstić information content (AvgIpc) is 3.64. The molecule has 3 aromatic heterocycles. The Morgan fingerprint density at radius 1 is 1.08 bits per heavy atom. The van der Waals surface area contributed by atoms with Crippen LogP contribution in [0.1, 0.15) is 38.1 Å². The Bertz CT molecular complexity index is 1570. The van der Waals surface area contributed by atoms with Crippen molar-refractivity contribution in [2.45, 2.75) is 45.2 Å². The zero-order valence-corrected chi connectivity index (χ0v) is 21.7. The zero-order valence-electron chi connectivity index (χ0n) is 21.7. The molecule has 0 unspecified atom stereocenters. The van der Waals surface area contributed by atoms with Crippen LogP contribution in [0.25, 0.3) is 33.5 Å². The minimum Gasteiger partial charge on any atom is -0.496 e. The lowest BCUT2D eigenvalue weighted by Gasteiger charge is -2.19. The molecule has 1 atom stereocenters. The molecule has 0 aliphatic carbocycles. The average molecular weight is 511 g/mol. The third-order valence-electron chi connectivity index (χ3n) is 7.28. The highest BCUT2D eigenvalue weighted by Gasteiger charge is 2.31. The third kappa shape index (κ3) is 4.40. The van der Waals surface area contributed by atoms with Crippen LogP contribution >= 0.6 is 0 Å². The number of ether oxygens (including phenoxy) is 1. The van der Waals surface area contributed by atoms with Gasteiger partial charge in [-0.1, -0.05) is 19.4 Å². The predicted molar refractivity (Wildman–Crippen MR) is 148 cm³/mol. The minimum absolute atomic E-state index is 0.190. The van der Waals surface area contributed by atoms with E-state index < -0.39 is 0 Å². The van der Waals surface area contributed by atoms with Crippen molar-refractivity contribution >= 4 is 16.9 Å². The Balaban J connectivity index is 1.43. The fourth-order valence-corrected chi connectivity index (χ4v) is 5.41. The zero-order chi connectivity index (χ0) is 26.1. The molecule has 1 aliphatic rings. The molecular weight excluding hydrogens is 479 g/mol. The number of nitrogens with zero attached hydrogens (tertiary/aromatic N) is 5. The highest BCUT2D eigenvalue weighted by atomic mass is 19.1. The number of aryl methyl sites for hydroxylation is 1. The van der Waals surface area contributed by atoms with Gasteiger partial charge >= 0.3 is 0 Å². The van der Waals surface area contributed by atoms with Gasteiger partial charge in [-0.05, 0) is 61.4 Å². The Labute approximate surface area is 221 Å². The molecule has 0 spiro atoms. The van der Waals surface area contributed by atoms with E-state index in [0.29, 0.717) is 5.95 Å². The van der Waals surface area contributed by atoms with Crippen LogP contribution in [-0.4, -0.2) is 37.7 Å². The van der Waals surface area contributed by atoms with Crippen LogP contribution in [0.2, 0.25) is 0 Å². The molecule has 0 fully saturated rings. The Morgan fingerprint density at radius 2 is 1.95 bits per heavy atom. The highest BCUT2D eigenvalue weighted by Crippen LogP contribution is 2.40.